The fraction of sp³-hybridized carbons (Fsp3) is 0.294. The Morgan fingerprint density at radius 1 is 1.10 bits per heavy atom. The van der Waals surface area contributed by atoms with E-state index in [1.807, 2.05) is 12.1 Å². The molecule has 0 aliphatic heterocycles. The predicted octanol–water partition coefficient (Wildman–Crippen LogP) is 5.77. The van der Waals surface area contributed by atoms with Gasteiger partial charge in [-0.05, 0) is 70.9 Å². The molecule has 0 aromatic heterocycles. The number of rotatable bonds is 3. The Hall–Kier alpha value is -0.990. The summed E-state index contributed by atoms with van der Waals surface area (Å²) in [6, 6.07) is 15.2. The first-order valence-corrected chi connectivity index (χ1v) is 8.07. The SMILES string of the molecule is Cc1cccc(NC2CC(c3ccc(Cl)cc3)C2)c1Br. The lowest BCUT2D eigenvalue weighted by Gasteiger charge is -2.37. The molecule has 0 spiro atoms. The lowest BCUT2D eigenvalue weighted by molar-refractivity contribution is 0.374. The Bertz CT molecular complexity index is 603. The maximum atomic E-state index is 5.93. The molecule has 20 heavy (non-hydrogen) atoms. The molecule has 104 valence electrons. The van der Waals surface area contributed by atoms with Crippen molar-refractivity contribution in [1.29, 1.82) is 0 Å². The predicted molar refractivity (Wildman–Crippen MR) is 89.7 cm³/mol. The van der Waals surface area contributed by atoms with Crippen molar-refractivity contribution in [2.75, 3.05) is 5.32 Å². The van der Waals surface area contributed by atoms with Crippen LogP contribution in [0.5, 0.6) is 0 Å². The van der Waals surface area contributed by atoms with Gasteiger partial charge < -0.3 is 5.32 Å². The van der Waals surface area contributed by atoms with E-state index in [4.69, 9.17) is 11.6 Å². The molecule has 0 heterocycles. The zero-order chi connectivity index (χ0) is 14.1. The molecule has 1 aliphatic carbocycles. The molecule has 0 amide bonds. The first kappa shape index (κ1) is 14.0. The van der Waals surface area contributed by atoms with Crippen LogP contribution in [0.3, 0.4) is 0 Å². The minimum atomic E-state index is 0.564. The molecular weight excluding hydrogens is 334 g/mol. The van der Waals surface area contributed by atoms with Crippen LogP contribution in [-0.4, -0.2) is 6.04 Å². The van der Waals surface area contributed by atoms with Gasteiger partial charge in [0.2, 0.25) is 0 Å². The lowest BCUT2D eigenvalue weighted by Crippen LogP contribution is -2.34. The van der Waals surface area contributed by atoms with Crippen LogP contribution in [0.1, 0.15) is 29.9 Å². The van der Waals surface area contributed by atoms with Gasteiger partial charge in [0.05, 0.1) is 0 Å². The van der Waals surface area contributed by atoms with Crippen molar-refractivity contribution in [2.45, 2.75) is 31.7 Å². The second kappa shape index (κ2) is 5.79. The third-order valence-corrected chi connectivity index (χ3v) is 5.34. The normalized spacial score (nSPS) is 21.4. The first-order valence-electron chi connectivity index (χ1n) is 6.90. The van der Waals surface area contributed by atoms with Crippen LogP contribution in [0.4, 0.5) is 5.69 Å². The fourth-order valence-electron chi connectivity index (χ4n) is 2.72. The molecule has 1 aliphatic rings. The Kier molecular flexibility index (Phi) is 4.04. The fourth-order valence-corrected chi connectivity index (χ4v) is 3.23. The Balaban J connectivity index is 1.61. The van der Waals surface area contributed by atoms with Crippen molar-refractivity contribution >= 4 is 33.2 Å². The molecule has 1 fully saturated rings. The van der Waals surface area contributed by atoms with Crippen molar-refractivity contribution < 1.29 is 0 Å². The van der Waals surface area contributed by atoms with E-state index in [0.29, 0.717) is 12.0 Å². The minimum absolute atomic E-state index is 0.564. The highest BCUT2D eigenvalue weighted by Crippen LogP contribution is 2.40. The van der Waals surface area contributed by atoms with Gasteiger partial charge in [0.15, 0.2) is 0 Å². The van der Waals surface area contributed by atoms with Crippen LogP contribution in [0.2, 0.25) is 5.02 Å². The monoisotopic (exact) mass is 349 g/mol. The minimum Gasteiger partial charge on any atom is -0.381 e. The molecule has 0 radical (unpaired) electrons. The largest absolute Gasteiger partial charge is 0.381 e. The number of halogens is 2. The van der Waals surface area contributed by atoms with E-state index in [9.17, 15) is 0 Å². The van der Waals surface area contributed by atoms with Gasteiger partial charge in [-0.25, -0.2) is 0 Å². The van der Waals surface area contributed by atoms with E-state index < -0.39 is 0 Å². The standard InChI is InChI=1S/C17H17BrClN/c1-11-3-2-4-16(17(11)18)20-15-9-13(10-15)12-5-7-14(19)8-6-12/h2-8,13,15,20H,9-10H2,1H3. The maximum absolute atomic E-state index is 5.93. The zero-order valence-electron chi connectivity index (χ0n) is 11.4. The summed E-state index contributed by atoms with van der Waals surface area (Å²) in [4.78, 5) is 0. The Morgan fingerprint density at radius 3 is 2.50 bits per heavy atom. The molecule has 2 aromatic carbocycles. The second-order valence-electron chi connectivity index (χ2n) is 5.50. The van der Waals surface area contributed by atoms with Crippen molar-refractivity contribution in [3.63, 3.8) is 0 Å². The van der Waals surface area contributed by atoms with Crippen molar-refractivity contribution in [3.05, 3.63) is 63.1 Å². The molecule has 1 saturated carbocycles. The van der Waals surface area contributed by atoms with Crippen LogP contribution in [-0.2, 0) is 0 Å². The molecule has 0 atom stereocenters. The summed E-state index contributed by atoms with van der Waals surface area (Å²) in [6.07, 6.45) is 2.37. The van der Waals surface area contributed by atoms with Gasteiger partial charge in [-0.15, -0.1) is 0 Å². The van der Waals surface area contributed by atoms with Crippen molar-refractivity contribution in [3.8, 4) is 0 Å². The van der Waals surface area contributed by atoms with Gasteiger partial charge in [-0.1, -0.05) is 35.9 Å². The van der Waals surface area contributed by atoms with E-state index in [0.717, 1.165) is 5.02 Å². The number of hydrogen-bond donors (Lipinski definition) is 1. The molecule has 1 N–H and O–H groups in total. The molecule has 0 bridgehead atoms. The van der Waals surface area contributed by atoms with Crippen LogP contribution >= 0.6 is 27.5 Å². The topological polar surface area (TPSA) is 12.0 Å². The first-order chi connectivity index (χ1) is 9.63. The molecule has 0 saturated heterocycles. The van der Waals surface area contributed by atoms with Gasteiger partial charge in [-0.2, -0.15) is 0 Å². The van der Waals surface area contributed by atoms with Crippen LogP contribution in [0, 0.1) is 6.92 Å². The molecule has 3 rings (SSSR count). The number of benzene rings is 2. The summed E-state index contributed by atoms with van der Waals surface area (Å²) in [5, 5.41) is 4.44. The quantitative estimate of drug-likeness (QED) is 0.741. The molecular formula is C17H17BrClN. The number of nitrogens with one attached hydrogen (secondary N) is 1. The third kappa shape index (κ3) is 2.87. The molecule has 3 heteroatoms. The van der Waals surface area contributed by atoms with Gasteiger partial charge in [0.25, 0.3) is 0 Å². The lowest BCUT2D eigenvalue weighted by atomic mass is 9.76. The van der Waals surface area contributed by atoms with E-state index in [2.05, 4.69) is 58.5 Å². The van der Waals surface area contributed by atoms with E-state index in [-0.39, 0.29) is 0 Å². The summed E-state index contributed by atoms with van der Waals surface area (Å²) in [7, 11) is 0. The highest BCUT2D eigenvalue weighted by atomic mass is 79.9. The molecule has 0 unspecified atom stereocenters. The third-order valence-electron chi connectivity index (χ3n) is 4.03. The van der Waals surface area contributed by atoms with Gasteiger partial charge in [0.1, 0.15) is 0 Å². The Morgan fingerprint density at radius 2 is 1.80 bits per heavy atom. The molecule has 1 nitrogen and oxygen atoms in total. The van der Waals surface area contributed by atoms with E-state index >= 15 is 0 Å². The van der Waals surface area contributed by atoms with Crippen molar-refractivity contribution in [2.24, 2.45) is 0 Å². The average molecular weight is 351 g/mol. The second-order valence-corrected chi connectivity index (χ2v) is 6.73. The summed E-state index contributed by atoms with van der Waals surface area (Å²) in [5.74, 6) is 0.661. The van der Waals surface area contributed by atoms with E-state index in [1.54, 1.807) is 0 Å². The van der Waals surface area contributed by atoms with Crippen LogP contribution < -0.4 is 5.32 Å². The number of hydrogen-bond acceptors (Lipinski definition) is 1. The Labute approximate surface area is 133 Å². The van der Waals surface area contributed by atoms with Crippen LogP contribution in [0.25, 0.3) is 0 Å². The van der Waals surface area contributed by atoms with Crippen molar-refractivity contribution in [1.82, 2.24) is 0 Å². The summed E-state index contributed by atoms with van der Waals surface area (Å²) >= 11 is 9.58. The maximum Gasteiger partial charge on any atom is 0.0489 e. The van der Waals surface area contributed by atoms with Gasteiger partial charge in [-0.3, -0.25) is 0 Å². The van der Waals surface area contributed by atoms with Crippen LogP contribution in [0.15, 0.2) is 46.9 Å². The average Bonchev–Trinajstić information content (AvgIpc) is 2.39. The highest BCUT2D eigenvalue weighted by molar-refractivity contribution is 9.10. The molecule has 2 aromatic rings. The summed E-state index contributed by atoms with van der Waals surface area (Å²) in [5.41, 5.74) is 3.86. The highest BCUT2D eigenvalue weighted by Gasteiger charge is 2.30. The van der Waals surface area contributed by atoms with Gasteiger partial charge >= 0.3 is 0 Å². The summed E-state index contributed by atoms with van der Waals surface area (Å²) in [6.45, 7) is 2.12. The number of aryl methyl sites for hydroxylation is 1. The number of anilines is 1. The summed E-state index contributed by atoms with van der Waals surface area (Å²) < 4.78 is 1.18. The zero-order valence-corrected chi connectivity index (χ0v) is 13.7. The van der Waals surface area contributed by atoms with Gasteiger partial charge in [0, 0.05) is 21.2 Å². The smallest absolute Gasteiger partial charge is 0.0489 e. The van der Waals surface area contributed by atoms with E-state index in [1.165, 1.54) is 34.1 Å².